The van der Waals surface area contributed by atoms with Crippen molar-refractivity contribution >= 4 is 0 Å². The van der Waals surface area contributed by atoms with Crippen LogP contribution in [0.3, 0.4) is 0 Å². The summed E-state index contributed by atoms with van der Waals surface area (Å²) in [5, 5.41) is 11.5. The summed E-state index contributed by atoms with van der Waals surface area (Å²) in [6, 6.07) is 0. The highest BCUT2D eigenvalue weighted by molar-refractivity contribution is 4.65. The number of rotatable bonds is 5. The van der Waals surface area contributed by atoms with Crippen LogP contribution in [0.25, 0.3) is 0 Å². The maximum atomic E-state index is 11.5. The van der Waals surface area contributed by atoms with Crippen molar-refractivity contribution in [2.24, 2.45) is 0 Å². The lowest BCUT2D eigenvalue weighted by molar-refractivity contribution is -0.876. The lowest BCUT2D eigenvalue weighted by Crippen LogP contribution is -2.42. The third-order valence-corrected chi connectivity index (χ3v) is 1.89. The first-order valence-electron chi connectivity index (χ1n) is 3.86. The second kappa shape index (κ2) is 4.47. The molecule has 0 spiro atoms. The SMILES string of the molecule is C=CCC[N+]([O-])(CC)CC. The lowest BCUT2D eigenvalue weighted by atomic mass is 10.3. The number of hydroxylamine groups is 3. The Labute approximate surface area is 63.3 Å². The van der Waals surface area contributed by atoms with Gasteiger partial charge in [-0.25, -0.2) is 0 Å². The normalized spacial score (nSPS) is 11.5. The van der Waals surface area contributed by atoms with Crippen molar-refractivity contribution in [2.45, 2.75) is 20.3 Å². The molecule has 60 valence electrons. The van der Waals surface area contributed by atoms with Gasteiger partial charge in [0.1, 0.15) is 0 Å². The van der Waals surface area contributed by atoms with Gasteiger partial charge in [0, 0.05) is 6.42 Å². The van der Waals surface area contributed by atoms with Gasteiger partial charge in [-0.15, -0.1) is 6.58 Å². The van der Waals surface area contributed by atoms with E-state index in [4.69, 9.17) is 0 Å². The summed E-state index contributed by atoms with van der Waals surface area (Å²) in [6.07, 6.45) is 2.63. The summed E-state index contributed by atoms with van der Waals surface area (Å²) in [5.74, 6) is 0. The number of nitrogens with zero attached hydrogens (tertiary/aromatic N) is 1. The molecule has 10 heavy (non-hydrogen) atoms. The first-order valence-corrected chi connectivity index (χ1v) is 3.86. The van der Waals surface area contributed by atoms with Crippen molar-refractivity contribution in [3.8, 4) is 0 Å². The molecule has 0 bridgehead atoms. The molecule has 0 fully saturated rings. The zero-order chi connectivity index (χ0) is 8.04. The first kappa shape index (κ1) is 9.66. The van der Waals surface area contributed by atoms with Crippen LogP contribution in [0.15, 0.2) is 12.7 Å². The van der Waals surface area contributed by atoms with Crippen LogP contribution >= 0.6 is 0 Å². The van der Waals surface area contributed by atoms with Crippen LogP contribution in [0.2, 0.25) is 0 Å². The van der Waals surface area contributed by atoms with E-state index < -0.39 is 0 Å². The highest BCUT2D eigenvalue weighted by Crippen LogP contribution is 2.03. The van der Waals surface area contributed by atoms with Crippen molar-refractivity contribution in [2.75, 3.05) is 19.6 Å². The predicted octanol–water partition coefficient (Wildman–Crippen LogP) is 1.92. The molecule has 0 heterocycles. The highest BCUT2D eigenvalue weighted by Gasteiger charge is 2.08. The quantitative estimate of drug-likeness (QED) is 0.327. The fourth-order valence-corrected chi connectivity index (χ4v) is 0.866. The molecule has 2 nitrogen and oxygen atoms in total. The zero-order valence-corrected chi connectivity index (χ0v) is 6.97. The molecular weight excluding hydrogens is 126 g/mol. The van der Waals surface area contributed by atoms with Crippen molar-refractivity contribution in [3.63, 3.8) is 0 Å². The lowest BCUT2D eigenvalue weighted by Gasteiger charge is -2.40. The molecule has 0 rings (SSSR count). The van der Waals surface area contributed by atoms with Gasteiger partial charge in [0.15, 0.2) is 0 Å². The third-order valence-electron chi connectivity index (χ3n) is 1.89. The van der Waals surface area contributed by atoms with E-state index in [1.54, 1.807) is 6.08 Å². The molecule has 0 unspecified atom stereocenters. The fourth-order valence-electron chi connectivity index (χ4n) is 0.866. The number of hydrogen-bond donors (Lipinski definition) is 0. The maximum Gasteiger partial charge on any atom is 0.0818 e. The molecule has 0 aromatic heterocycles. The smallest absolute Gasteiger partial charge is 0.0818 e. The molecule has 0 atom stereocenters. The highest BCUT2D eigenvalue weighted by atomic mass is 16.5. The van der Waals surface area contributed by atoms with E-state index in [0.717, 1.165) is 6.42 Å². The van der Waals surface area contributed by atoms with Crippen molar-refractivity contribution < 1.29 is 4.65 Å². The van der Waals surface area contributed by atoms with E-state index in [0.29, 0.717) is 19.6 Å². The van der Waals surface area contributed by atoms with Gasteiger partial charge in [-0.2, -0.15) is 0 Å². The predicted molar refractivity (Wildman–Crippen MR) is 44.4 cm³/mol. The molecule has 0 saturated carbocycles. The molecule has 0 saturated heterocycles. The molecular formula is C8H17NO. The Morgan fingerprint density at radius 2 is 1.90 bits per heavy atom. The molecule has 0 aliphatic rings. The minimum absolute atomic E-state index is 0.0774. The molecule has 0 radical (unpaired) electrons. The van der Waals surface area contributed by atoms with Gasteiger partial charge in [-0.3, -0.25) is 0 Å². The minimum atomic E-state index is -0.0774. The van der Waals surface area contributed by atoms with Crippen molar-refractivity contribution in [3.05, 3.63) is 17.9 Å². The van der Waals surface area contributed by atoms with Crippen LogP contribution in [0.1, 0.15) is 20.3 Å². The third kappa shape index (κ3) is 2.99. The number of quaternary nitrogens is 1. The fraction of sp³-hybridized carbons (Fsp3) is 0.750. The zero-order valence-electron chi connectivity index (χ0n) is 6.97. The summed E-state index contributed by atoms with van der Waals surface area (Å²) >= 11 is 0. The second-order valence-electron chi connectivity index (χ2n) is 2.49. The van der Waals surface area contributed by atoms with Gasteiger partial charge in [-0.1, -0.05) is 6.08 Å². The van der Waals surface area contributed by atoms with E-state index in [1.807, 2.05) is 13.8 Å². The summed E-state index contributed by atoms with van der Waals surface area (Å²) in [4.78, 5) is 0. The monoisotopic (exact) mass is 143 g/mol. The molecule has 2 heteroatoms. The Kier molecular flexibility index (Phi) is 4.32. The first-order chi connectivity index (χ1) is 4.68. The standard InChI is InChI=1S/C8H17NO/c1-4-7-8-9(10,5-2)6-3/h4H,1,5-8H2,2-3H3. The summed E-state index contributed by atoms with van der Waals surface area (Å²) in [7, 11) is 0. The Bertz CT molecular complexity index is 97.4. The van der Waals surface area contributed by atoms with Crippen LogP contribution in [-0.2, 0) is 0 Å². The van der Waals surface area contributed by atoms with Crippen LogP contribution < -0.4 is 0 Å². The topological polar surface area (TPSA) is 23.1 Å². The number of hydrogen-bond acceptors (Lipinski definition) is 1. The Morgan fingerprint density at radius 3 is 2.20 bits per heavy atom. The summed E-state index contributed by atoms with van der Waals surface area (Å²) in [5.41, 5.74) is 0. The van der Waals surface area contributed by atoms with Crippen LogP contribution in [-0.4, -0.2) is 24.3 Å². The summed E-state index contributed by atoms with van der Waals surface area (Å²) in [6.45, 7) is 9.46. The molecule has 0 aromatic carbocycles. The van der Waals surface area contributed by atoms with Crippen LogP contribution in [0, 0.1) is 5.21 Å². The Morgan fingerprint density at radius 1 is 1.40 bits per heavy atom. The van der Waals surface area contributed by atoms with Crippen LogP contribution in [0.5, 0.6) is 0 Å². The largest absolute Gasteiger partial charge is 0.633 e. The van der Waals surface area contributed by atoms with Crippen LogP contribution in [0.4, 0.5) is 0 Å². The van der Waals surface area contributed by atoms with E-state index in [1.165, 1.54) is 0 Å². The van der Waals surface area contributed by atoms with E-state index >= 15 is 0 Å². The molecule has 0 aromatic rings. The van der Waals surface area contributed by atoms with E-state index in [2.05, 4.69) is 6.58 Å². The maximum absolute atomic E-state index is 11.5. The van der Waals surface area contributed by atoms with Gasteiger partial charge in [0.2, 0.25) is 0 Å². The second-order valence-corrected chi connectivity index (χ2v) is 2.49. The average Bonchev–Trinajstić information content (AvgIpc) is 2.00. The van der Waals surface area contributed by atoms with Gasteiger partial charge in [-0.05, 0) is 13.8 Å². The van der Waals surface area contributed by atoms with Crippen molar-refractivity contribution in [1.82, 2.24) is 0 Å². The van der Waals surface area contributed by atoms with Gasteiger partial charge >= 0.3 is 0 Å². The Balaban J connectivity index is 3.68. The average molecular weight is 143 g/mol. The van der Waals surface area contributed by atoms with Gasteiger partial charge < -0.3 is 9.85 Å². The van der Waals surface area contributed by atoms with Gasteiger partial charge in [0.05, 0.1) is 19.6 Å². The molecule has 0 amide bonds. The summed E-state index contributed by atoms with van der Waals surface area (Å²) < 4.78 is -0.0774. The van der Waals surface area contributed by atoms with Crippen molar-refractivity contribution in [1.29, 1.82) is 0 Å². The van der Waals surface area contributed by atoms with E-state index in [-0.39, 0.29) is 4.65 Å². The minimum Gasteiger partial charge on any atom is -0.633 e. The molecule has 0 N–H and O–H groups in total. The van der Waals surface area contributed by atoms with Gasteiger partial charge in [0.25, 0.3) is 0 Å². The molecule has 0 aliphatic carbocycles. The van der Waals surface area contributed by atoms with E-state index in [9.17, 15) is 5.21 Å². The molecule has 0 aliphatic heterocycles. The Hall–Kier alpha value is -0.340.